The minimum absolute atomic E-state index is 0.0849. The molecule has 108 valence electrons. The molecule has 0 bridgehead atoms. The number of amides is 1. The second-order valence-corrected chi connectivity index (χ2v) is 6.52. The highest BCUT2D eigenvalue weighted by Gasteiger charge is 2.38. The van der Waals surface area contributed by atoms with Crippen LogP contribution in [0.25, 0.3) is 0 Å². The highest BCUT2D eigenvalue weighted by Crippen LogP contribution is 2.41. The number of carbonyl (C=O) groups is 1. The third-order valence-electron chi connectivity index (χ3n) is 4.03. The van der Waals surface area contributed by atoms with Gasteiger partial charge in [0, 0.05) is 23.6 Å². The number of benzene rings is 1. The van der Waals surface area contributed by atoms with Crippen LogP contribution in [-0.2, 0) is 10.2 Å². The smallest absolute Gasteiger partial charge is 0.423 e. The largest absolute Gasteiger partial charge is 0.488 e. The number of anilines is 1. The number of rotatable bonds is 2. The van der Waals surface area contributed by atoms with Crippen molar-refractivity contribution in [3.05, 3.63) is 23.3 Å². The Balaban J connectivity index is 2.70. The van der Waals surface area contributed by atoms with E-state index in [1.807, 2.05) is 46.8 Å². The van der Waals surface area contributed by atoms with Gasteiger partial charge in [-0.2, -0.15) is 0 Å². The van der Waals surface area contributed by atoms with Gasteiger partial charge in [-0.3, -0.25) is 4.79 Å². The van der Waals surface area contributed by atoms with Gasteiger partial charge in [-0.05, 0) is 43.4 Å². The predicted molar refractivity (Wildman–Crippen MR) is 81.3 cm³/mol. The van der Waals surface area contributed by atoms with Crippen LogP contribution in [0, 0.1) is 6.92 Å². The van der Waals surface area contributed by atoms with Gasteiger partial charge >= 0.3 is 7.12 Å². The van der Waals surface area contributed by atoms with E-state index in [0.717, 1.165) is 16.8 Å². The van der Waals surface area contributed by atoms with E-state index in [1.54, 1.807) is 4.90 Å². The van der Waals surface area contributed by atoms with Gasteiger partial charge in [0.1, 0.15) is 0 Å². The van der Waals surface area contributed by atoms with Crippen molar-refractivity contribution in [1.82, 2.24) is 0 Å². The molecule has 2 rings (SSSR count). The molecule has 1 amide bonds. The minimum atomic E-state index is -1.48. The molecule has 5 heteroatoms. The SMILES string of the molecule is Cc1cc2c(cc1B(O)O)C(C)(C)CC(=O)N2C(C)C. The summed E-state index contributed by atoms with van der Waals surface area (Å²) in [5.41, 5.74) is 2.89. The standard InChI is InChI=1S/C15H22BNO3/c1-9(2)17-13-6-10(3)12(16(19)20)7-11(13)15(4,5)8-14(17)18/h6-7,9,19-20H,8H2,1-5H3. The molecule has 0 unspecified atom stereocenters. The van der Waals surface area contributed by atoms with Gasteiger partial charge in [0.2, 0.25) is 5.91 Å². The zero-order valence-electron chi connectivity index (χ0n) is 12.8. The average Bonchev–Trinajstić information content (AvgIpc) is 2.25. The molecule has 0 saturated carbocycles. The van der Waals surface area contributed by atoms with Crippen molar-refractivity contribution in [3.8, 4) is 0 Å². The highest BCUT2D eigenvalue weighted by atomic mass is 16.4. The van der Waals surface area contributed by atoms with E-state index in [-0.39, 0.29) is 17.4 Å². The number of fused-ring (bicyclic) bond motifs is 1. The van der Waals surface area contributed by atoms with Crippen LogP contribution in [0.3, 0.4) is 0 Å². The van der Waals surface area contributed by atoms with Crippen molar-refractivity contribution < 1.29 is 14.8 Å². The highest BCUT2D eigenvalue weighted by molar-refractivity contribution is 6.59. The molecule has 20 heavy (non-hydrogen) atoms. The average molecular weight is 275 g/mol. The van der Waals surface area contributed by atoms with Crippen LogP contribution < -0.4 is 10.4 Å². The van der Waals surface area contributed by atoms with E-state index in [2.05, 4.69) is 0 Å². The summed E-state index contributed by atoms with van der Waals surface area (Å²) in [6, 6.07) is 3.81. The summed E-state index contributed by atoms with van der Waals surface area (Å²) in [5, 5.41) is 19.0. The molecule has 4 nitrogen and oxygen atoms in total. The van der Waals surface area contributed by atoms with Crippen molar-refractivity contribution in [1.29, 1.82) is 0 Å². The number of hydrogen-bond acceptors (Lipinski definition) is 3. The molecule has 0 aliphatic carbocycles. The normalized spacial score (nSPS) is 17.4. The van der Waals surface area contributed by atoms with Crippen LogP contribution in [-0.4, -0.2) is 29.1 Å². The zero-order chi connectivity index (χ0) is 15.2. The van der Waals surface area contributed by atoms with Crippen LogP contribution >= 0.6 is 0 Å². The molecule has 0 fully saturated rings. The molecule has 0 aromatic heterocycles. The van der Waals surface area contributed by atoms with E-state index in [4.69, 9.17) is 0 Å². The van der Waals surface area contributed by atoms with Gasteiger partial charge in [0.25, 0.3) is 0 Å². The molecule has 0 radical (unpaired) electrons. The second-order valence-electron chi connectivity index (χ2n) is 6.52. The van der Waals surface area contributed by atoms with E-state index in [1.165, 1.54) is 0 Å². The topological polar surface area (TPSA) is 60.8 Å². The first-order valence-electron chi connectivity index (χ1n) is 6.98. The molecule has 2 N–H and O–H groups in total. The Morgan fingerprint density at radius 1 is 1.30 bits per heavy atom. The lowest BCUT2D eigenvalue weighted by Gasteiger charge is -2.41. The molecule has 0 spiro atoms. The van der Waals surface area contributed by atoms with Crippen LogP contribution in [0.1, 0.15) is 45.2 Å². The molecule has 1 aromatic carbocycles. The maximum absolute atomic E-state index is 12.4. The molecule has 1 aromatic rings. The number of nitrogens with zero attached hydrogens (tertiary/aromatic N) is 1. The number of carbonyl (C=O) groups excluding carboxylic acids is 1. The molecule has 0 atom stereocenters. The third-order valence-corrected chi connectivity index (χ3v) is 4.03. The third kappa shape index (κ3) is 2.36. The first-order chi connectivity index (χ1) is 9.15. The maximum Gasteiger partial charge on any atom is 0.488 e. The number of aryl methyl sites for hydroxylation is 1. The Kier molecular flexibility index (Phi) is 3.69. The quantitative estimate of drug-likeness (QED) is 0.794. The van der Waals surface area contributed by atoms with Crippen molar-refractivity contribution in [3.63, 3.8) is 0 Å². The van der Waals surface area contributed by atoms with E-state index in [9.17, 15) is 14.8 Å². The van der Waals surface area contributed by atoms with E-state index < -0.39 is 7.12 Å². The molecule has 0 saturated heterocycles. The van der Waals surface area contributed by atoms with Crippen LogP contribution in [0.4, 0.5) is 5.69 Å². The lowest BCUT2D eigenvalue weighted by Crippen LogP contribution is -2.47. The van der Waals surface area contributed by atoms with Gasteiger partial charge in [-0.15, -0.1) is 0 Å². The lowest BCUT2D eigenvalue weighted by molar-refractivity contribution is -0.120. The Morgan fingerprint density at radius 2 is 1.90 bits per heavy atom. The first-order valence-corrected chi connectivity index (χ1v) is 6.98. The van der Waals surface area contributed by atoms with Crippen LogP contribution in [0.15, 0.2) is 12.1 Å². The molecule has 1 heterocycles. The fourth-order valence-corrected chi connectivity index (χ4v) is 2.99. The molecular weight excluding hydrogens is 253 g/mol. The Bertz CT molecular complexity index is 552. The number of hydrogen-bond donors (Lipinski definition) is 2. The van der Waals surface area contributed by atoms with E-state index >= 15 is 0 Å². The summed E-state index contributed by atoms with van der Waals surface area (Å²) >= 11 is 0. The fraction of sp³-hybridized carbons (Fsp3) is 0.533. The van der Waals surface area contributed by atoms with Crippen molar-refractivity contribution in [2.24, 2.45) is 0 Å². The van der Waals surface area contributed by atoms with Crippen molar-refractivity contribution in [2.75, 3.05) is 4.90 Å². The summed E-state index contributed by atoms with van der Waals surface area (Å²) in [7, 11) is -1.48. The fourth-order valence-electron chi connectivity index (χ4n) is 2.99. The van der Waals surface area contributed by atoms with Crippen LogP contribution in [0.2, 0.25) is 0 Å². The Hall–Kier alpha value is -1.33. The molecule has 1 aliphatic heterocycles. The summed E-state index contributed by atoms with van der Waals surface area (Å²) in [4.78, 5) is 14.2. The van der Waals surface area contributed by atoms with Gasteiger partial charge in [-0.1, -0.05) is 19.9 Å². The van der Waals surface area contributed by atoms with Gasteiger partial charge in [0.05, 0.1) is 0 Å². The Morgan fingerprint density at radius 3 is 2.40 bits per heavy atom. The van der Waals surface area contributed by atoms with Crippen LogP contribution in [0.5, 0.6) is 0 Å². The molecular formula is C15H22BNO3. The van der Waals surface area contributed by atoms with Crippen molar-refractivity contribution in [2.45, 2.75) is 52.5 Å². The second kappa shape index (κ2) is 4.90. The van der Waals surface area contributed by atoms with Crippen molar-refractivity contribution >= 4 is 24.2 Å². The summed E-state index contributed by atoms with van der Waals surface area (Å²) in [6.07, 6.45) is 0.433. The zero-order valence-corrected chi connectivity index (χ0v) is 12.8. The monoisotopic (exact) mass is 275 g/mol. The Labute approximate surface area is 120 Å². The molecule has 1 aliphatic rings. The van der Waals surface area contributed by atoms with Gasteiger partial charge in [-0.25, -0.2) is 0 Å². The summed E-state index contributed by atoms with van der Waals surface area (Å²) < 4.78 is 0. The summed E-state index contributed by atoms with van der Waals surface area (Å²) in [5.74, 6) is 0.120. The van der Waals surface area contributed by atoms with E-state index in [0.29, 0.717) is 11.9 Å². The van der Waals surface area contributed by atoms with Gasteiger partial charge < -0.3 is 14.9 Å². The predicted octanol–water partition coefficient (Wildman–Crippen LogP) is 1.10. The summed E-state index contributed by atoms with van der Waals surface area (Å²) in [6.45, 7) is 9.85. The maximum atomic E-state index is 12.4. The van der Waals surface area contributed by atoms with Gasteiger partial charge in [0.15, 0.2) is 0 Å². The lowest BCUT2D eigenvalue weighted by atomic mass is 9.70. The minimum Gasteiger partial charge on any atom is -0.423 e. The first kappa shape index (κ1) is 15.1.